The lowest BCUT2D eigenvalue weighted by atomic mass is 10.1. The van der Waals surface area contributed by atoms with Crippen LogP contribution in [0.1, 0.15) is 91.7 Å². The number of carbonyl (C=O) groups is 4. The van der Waals surface area contributed by atoms with Crippen LogP contribution in [-0.2, 0) is 34.4 Å². The van der Waals surface area contributed by atoms with Crippen LogP contribution in [-0.4, -0.2) is 102 Å². The first-order valence-electron chi connectivity index (χ1n) is 20.6. The molecule has 0 spiro atoms. The first-order chi connectivity index (χ1) is 31.8. The van der Waals surface area contributed by atoms with Gasteiger partial charge in [0.15, 0.2) is 11.9 Å². The number of amides is 2. The summed E-state index contributed by atoms with van der Waals surface area (Å²) < 4.78 is 61.6. The summed E-state index contributed by atoms with van der Waals surface area (Å²) in [5.74, 6) is -3.20. The van der Waals surface area contributed by atoms with E-state index in [1.165, 1.54) is 22.7 Å². The van der Waals surface area contributed by atoms with Gasteiger partial charge < -0.3 is 43.4 Å². The molecule has 0 saturated heterocycles. The van der Waals surface area contributed by atoms with Gasteiger partial charge in [0, 0.05) is 22.8 Å². The number of carboxylic acids is 1. The van der Waals surface area contributed by atoms with Crippen LogP contribution in [0.5, 0.6) is 0 Å². The Morgan fingerprint density at radius 1 is 0.634 bits per heavy atom. The summed E-state index contributed by atoms with van der Waals surface area (Å²) >= 11 is 2.40. The average Bonchev–Trinajstić information content (AvgIpc) is 3.91. The van der Waals surface area contributed by atoms with E-state index >= 15 is 0 Å². The van der Waals surface area contributed by atoms with Crippen molar-refractivity contribution in [2.75, 3.05) is 32.8 Å². The summed E-state index contributed by atoms with van der Waals surface area (Å²) in [5.41, 5.74) is 25.0. The normalized spacial score (nSPS) is 11.9. The number of rotatable bonds is 21. The van der Waals surface area contributed by atoms with Crippen LogP contribution >= 0.6 is 22.7 Å². The Labute approximate surface area is 426 Å². The number of ether oxygens (including phenoxy) is 1. The molecule has 20 nitrogen and oxygen atoms in total. The molecular weight excluding hydrogens is 993 g/mol. The van der Waals surface area contributed by atoms with Gasteiger partial charge in [-0.3, -0.25) is 19.2 Å². The van der Waals surface area contributed by atoms with Crippen LogP contribution in [0.2, 0.25) is 0 Å². The second-order valence-corrected chi connectivity index (χ2v) is 20.6. The third kappa shape index (κ3) is 20.4. The Balaban J connectivity index is 0.00000133. The number of thiophene rings is 2. The number of nitrogens with one attached hydrogen (secondary N) is 4. The number of carboxylic acid groups (broad SMARTS) is 1. The molecule has 24 heteroatoms. The molecule has 71 heavy (non-hydrogen) atoms. The Bertz CT molecular complexity index is 2760. The maximum absolute atomic E-state index is 13.1. The van der Waals surface area contributed by atoms with E-state index in [2.05, 4.69) is 30.1 Å². The van der Waals surface area contributed by atoms with Crippen molar-refractivity contribution >= 4 is 90.5 Å². The summed E-state index contributed by atoms with van der Waals surface area (Å²) in [6.07, 6.45) is 6.98. The van der Waals surface area contributed by atoms with Gasteiger partial charge in [0.2, 0.25) is 20.0 Å². The fourth-order valence-electron chi connectivity index (χ4n) is 6.62. The number of sulfonamides is 2. The van der Waals surface area contributed by atoms with Crippen LogP contribution < -0.4 is 43.0 Å². The molecule has 2 heterocycles. The van der Waals surface area contributed by atoms with Crippen molar-refractivity contribution in [2.45, 2.75) is 92.6 Å². The van der Waals surface area contributed by atoms with Crippen molar-refractivity contribution in [3.8, 4) is 0 Å². The van der Waals surface area contributed by atoms with E-state index in [1.54, 1.807) is 107 Å². The van der Waals surface area contributed by atoms with Gasteiger partial charge in [0.25, 0.3) is 11.8 Å². The highest BCUT2D eigenvalue weighted by Crippen LogP contribution is 2.24. The number of esters is 1. The van der Waals surface area contributed by atoms with Gasteiger partial charge >= 0.3 is 11.9 Å². The second kappa shape index (κ2) is 29.7. The number of benzene rings is 2. The number of aliphatic carboxylic acids is 1. The molecule has 2 aromatic heterocycles. The van der Waals surface area contributed by atoms with Crippen molar-refractivity contribution in [3.05, 3.63) is 114 Å². The van der Waals surface area contributed by atoms with E-state index in [0.29, 0.717) is 45.1 Å². The van der Waals surface area contributed by atoms with Gasteiger partial charge in [-0.05, 0) is 107 Å². The van der Waals surface area contributed by atoms with E-state index in [9.17, 15) is 41.1 Å². The molecule has 2 aromatic carbocycles. The second-order valence-electron chi connectivity index (χ2n) is 15.1. The van der Waals surface area contributed by atoms with Crippen molar-refractivity contribution in [3.63, 3.8) is 0 Å². The molecule has 0 radical (unpaired) electrons. The van der Waals surface area contributed by atoms with Crippen molar-refractivity contribution in [1.82, 2.24) is 20.1 Å². The number of nitrogens with two attached hydrogens (primary N) is 4. The number of aliphatic imine (C=N–C) groups is 2. The van der Waals surface area contributed by atoms with E-state index in [0.717, 1.165) is 20.9 Å². The minimum absolute atomic E-state index is 0. The third-order valence-corrected chi connectivity index (χ3v) is 14.8. The summed E-state index contributed by atoms with van der Waals surface area (Å²) in [6.45, 7) is 12.0. The molecule has 0 saturated carbocycles. The molecule has 392 valence electrons. The lowest BCUT2D eigenvalue weighted by molar-refractivity contribution is -0.145. The van der Waals surface area contributed by atoms with Gasteiger partial charge in [-0.25, -0.2) is 26.8 Å². The average molecular weight is 1060 g/mol. The minimum Gasteiger partial charge on any atom is -0.480 e. The molecule has 0 aliphatic heterocycles. The number of carbonyl (C=O) groups excluding carboxylic acids is 3. The van der Waals surface area contributed by atoms with E-state index < -0.39 is 62.4 Å². The lowest BCUT2D eigenvalue weighted by Crippen LogP contribution is -2.49. The number of aryl methyl sites for hydroxylation is 6. The maximum atomic E-state index is 13.1. The Hall–Kier alpha value is -6.44. The number of hydrogen-bond donors (Lipinski definition) is 9. The first kappa shape index (κ1) is 64.6. The van der Waals surface area contributed by atoms with Gasteiger partial charge in [-0.2, -0.15) is 9.44 Å². The summed E-state index contributed by atoms with van der Waals surface area (Å²) in [5, 5.41) is 14.6. The molecule has 0 aliphatic rings. The predicted octanol–water partition coefficient (Wildman–Crippen LogP) is 4.63. The Morgan fingerprint density at radius 3 is 1.32 bits per heavy atom. The monoisotopic (exact) mass is 1060 g/mol. The summed E-state index contributed by atoms with van der Waals surface area (Å²) in [7, 11) is -8.19. The molecule has 0 fully saturated rings. The van der Waals surface area contributed by atoms with Gasteiger partial charge in [-0.1, -0.05) is 69.8 Å². The Kier molecular flexibility index (Phi) is 27.0. The molecule has 0 bridgehead atoms. The number of nitrogens with zero attached hydrogens (tertiary/aromatic N) is 2. The van der Waals surface area contributed by atoms with Crippen LogP contribution in [0.4, 0.5) is 0 Å². The zero-order chi connectivity index (χ0) is 50.9. The largest absolute Gasteiger partial charge is 0.480 e. The van der Waals surface area contributed by atoms with Gasteiger partial charge in [-0.15, -0.1) is 22.7 Å². The molecule has 0 aliphatic carbocycles. The summed E-state index contributed by atoms with van der Waals surface area (Å²) in [6, 6.07) is 10.7. The number of hydrogen-bond acceptors (Lipinski definition) is 13. The quantitative estimate of drug-likeness (QED) is 0.0312. The van der Waals surface area contributed by atoms with Gasteiger partial charge in [0.1, 0.15) is 12.1 Å². The van der Waals surface area contributed by atoms with Gasteiger partial charge in [0.05, 0.1) is 39.2 Å². The van der Waals surface area contributed by atoms with E-state index in [-0.39, 0.29) is 57.1 Å². The molecule has 4 aromatic rings. The minimum atomic E-state index is -4.13. The standard InChI is InChI=1S/C23H31N5O5S2.C21H27N5O5S2.3CH4/c1-5-33-22(30)18(28-35(31,32)20-15(3)11-14(2)12-16(20)4)13-27-21(29)19-9-8-17(34-19)7-6-10-26-23(24)25;1-12-9-13(2)18(14(3)10-12)33(30,31)26-16(20(28)29)11-25-19(27)17-7-6-15(32-17)5-4-8-24-21(22)23;;;/h6-9,11-12,18,28H,5,10,13H2,1-4H3,(H,27,29)(H4,24,25,26);4-7,9-10,16,26H,8,11H2,1-3H3,(H,25,27)(H,28,29)(H4,22,23,24);3*1H4/b7-6+;5-4+;;;. The molecule has 2 unspecified atom stereocenters. The Morgan fingerprint density at radius 2 is 0.986 bits per heavy atom. The third-order valence-electron chi connectivity index (χ3n) is 9.17. The molecule has 2 amide bonds. The fraction of sp³-hybridized carbons (Fsp3) is 0.362. The van der Waals surface area contributed by atoms with Crippen molar-refractivity contribution in [1.29, 1.82) is 0 Å². The predicted molar refractivity (Wildman–Crippen MR) is 287 cm³/mol. The SMILES string of the molecule is C.C.C.CCOC(=O)C(CNC(=O)c1ccc(/C=C/CN=C(N)N)s1)NS(=O)(=O)c1c(C)cc(C)cc1C.Cc1cc(C)c(S(=O)(=O)NC(CNC(=O)c2ccc(/C=C/CN=C(N)N)s2)C(=O)O)c(C)c1. The van der Waals surface area contributed by atoms with Crippen LogP contribution in [0.15, 0.2) is 80.5 Å². The molecule has 4 rings (SSSR count). The van der Waals surface area contributed by atoms with E-state index in [4.69, 9.17) is 27.7 Å². The molecule has 13 N–H and O–H groups in total. The maximum Gasteiger partial charge on any atom is 0.326 e. The van der Waals surface area contributed by atoms with Crippen LogP contribution in [0.25, 0.3) is 12.2 Å². The van der Waals surface area contributed by atoms with Crippen LogP contribution in [0.3, 0.4) is 0 Å². The lowest BCUT2D eigenvalue weighted by Gasteiger charge is -2.20. The molecular formula is C47H70N10O10S4. The summed E-state index contributed by atoms with van der Waals surface area (Å²) in [4.78, 5) is 59.3. The number of guanidine groups is 2. The topological polar surface area (TPSA) is 343 Å². The smallest absolute Gasteiger partial charge is 0.326 e. The van der Waals surface area contributed by atoms with E-state index in [1.807, 2.05) is 13.8 Å². The highest BCUT2D eigenvalue weighted by atomic mass is 32.2. The molecule has 2 atom stereocenters. The van der Waals surface area contributed by atoms with Crippen LogP contribution in [0, 0.1) is 41.5 Å². The zero-order valence-electron chi connectivity index (χ0n) is 38.6. The zero-order valence-corrected chi connectivity index (χ0v) is 41.8. The van der Waals surface area contributed by atoms with Crippen molar-refractivity contribution in [2.24, 2.45) is 32.9 Å². The fourth-order valence-corrected chi connectivity index (χ4v) is 11.6. The first-order valence-corrected chi connectivity index (χ1v) is 25.2. The highest BCUT2D eigenvalue weighted by Gasteiger charge is 2.31. The van der Waals surface area contributed by atoms with Crippen molar-refractivity contribution < 1.29 is 45.9 Å². The highest BCUT2D eigenvalue weighted by molar-refractivity contribution is 7.90.